The van der Waals surface area contributed by atoms with E-state index in [0.29, 0.717) is 19.0 Å². The number of hydrogen-bond acceptors (Lipinski definition) is 3. The Morgan fingerprint density at radius 3 is 2.21 bits per heavy atom. The highest BCUT2D eigenvalue weighted by atomic mass is 32.2. The Morgan fingerprint density at radius 2 is 1.74 bits per heavy atom. The minimum Gasteiger partial charge on any atom is -0.312 e. The van der Waals surface area contributed by atoms with Crippen LogP contribution in [0.15, 0.2) is 0 Å². The number of sulfonamides is 1. The van der Waals surface area contributed by atoms with Gasteiger partial charge in [0.25, 0.3) is 0 Å². The molecule has 0 aromatic carbocycles. The Balaban J connectivity index is 2.65. The maximum atomic E-state index is 12.5. The van der Waals surface area contributed by atoms with Crippen molar-refractivity contribution >= 4 is 10.0 Å². The SMILES string of the molecule is CC(C)(C)NCC1CCCN(S(=O)(=O)C(C)(C)C)C1. The molecular formula is C14H30N2O2S. The van der Waals surface area contributed by atoms with Crippen LogP contribution in [0.25, 0.3) is 0 Å². The summed E-state index contributed by atoms with van der Waals surface area (Å²) >= 11 is 0. The van der Waals surface area contributed by atoms with Gasteiger partial charge in [-0.25, -0.2) is 12.7 Å². The maximum Gasteiger partial charge on any atom is 0.219 e. The topological polar surface area (TPSA) is 49.4 Å². The maximum absolute atomic E-state index is 12.5. The zero-order valence-corrected chi connectivity index (χ0v) is 14.1. The van der Waals surface area contributed by atoms with Crippen molar-refractivity contribution in [3.05, 3.63) is 0 Å². The summed E-state index contributed by atoms with van der Waals surface area (Å²) in [6, 6.07) is 0. The van der Waals surface area contributed by atoms with E-state index in [1.54, 1.807) is 25.1 Å². The van der Waals surface area contributed by atoms with Gasteiger partial charge in [-0.05, 0) is 66.8 Å². The second kappa shape index (κ2) is 5.70. The molecule has 5 heteroatoms. The molecule has 0 aromatic heterocycles. The van der Waals surface area contributed by atoms with Gasteiger partial charge in [0, 0.05) is 18.6 Å². The van der Waals surface area contributed by atoms with Gasteiger partial charge in [-0.1, -0.05) is 0 Å². The Kier molecular flexibility index (Phi) is 5.08. The lowest BCUT2D eigenvalue weighted by atomic mass is 9.98. The van der Waals surface area contributed by atoms with Crippen LogP contribution < -0.4 is 5.32 Å². The largest absolute Gasteiger partial charge is 0.312 e. The molecule has 1 N–H and O–H groups in total. The standard InChI is InChI=1S/C14H30N2O2S/c1-13(2,3)15-10-12-8-7-9-16(11-12)19(17,18)14(4,5)6/h12,15H,7-11H2,1-6H3. The van der Waals surface area contributed by atoms with Crippen LogP contribution in [0, 0.1) is 5.92 Å². The predicted octanol–water partition coefficient (Wildman–Crippen LogP) is 2.21. The minimum absolute atomic E-state index is 0.0885. The van der Waals surface area contributed by atoms with E-state index < -0.39 is 14.8 Å². The van der Waals surface area contributed by atoms with Crippen LogP contribution in [0.3, 0.4) is 0 Å². The van der Waals surface area contributed by atoms with E-state index in [-0.39, 0.29) is 5.54 Å². The van der Waals surface area contributed by atoms with E-state index in [1.165, 1.54) is 0 Å². The van der Waals surface area contributed by atoms with Crippen LogP contribution in [-0.4, -0.2) is 42.6 Å². The molecule has 1 unspecified atom stereocenters. The van der Waals surface area contributed by atoms with Crippen molar-refractivity contribution in [1.29, 1.82) is 0 Å². The van der Waals surface area contributed by atoms with Gasteiger partial charge < -0.3 is 5.32 Å². The fourth-order valence-electron chi connectivity index (χ4n) is 2.25. The highest BCUT2D eigenvalue weighted by molar-refractivity contribution is 7.90. The third-order valence-electron chi connectivity index (χ3n) is 3.52. The lowest BCUT2D eigenvalue weighted by Gasteiger charge is -2.37. The second-order valence-electron chi connectivity index (χ2n) is 7.61. The van der Waals surface area contributed by atoms with E-state index in [1.807, 2.05) is 0 Å². The van der Waals surface area contributed by atoms with Gasteiger partial charge in [-0.3, -0.25) is 0 Å². The van der Waals surface area contributed by atoms with Crippen molar-refractivity contribution < 1.29 is 8.42 Å². The summed E-state index contributed by atoms with van der Waals surface area (Å²) in [5.41, 5.74) is 0.0885. The summed E-state index contributed by atoms with van der Waals surface area (Å²) in [6.45, 7) is 14.0. The second-order valence-corrected chi connectivity index (χ2v) is 10.3. The minimum atomic E-state index is -3.18. The summed E-state index contributed by atoms with van der Waals surface area (Å²) in [5, 5.41) is 3.48. The first-order valence-corrected chi connectivity index (χ1v) is 8.62. The molecule has 0 amide bonds. The third kappa shape index (κ3) is 4.72. The molecule has 0 bridgehead atoms. The lowest BCUT2D eigenvalue weighted by molar-refractivity contribution is 0.241. The molecule has 0 radical (unpaired) electrons. The number of nitrogens with one attached hydrogen (secondary N) is 1. The first-order valence-electron chi connectivity index (χ1n) is 7.18. The van der Waals surface area contributed by atoms with Crippen molar-refractivity contribution in [3.63, 3.8) is 0 Å². The zero-order valence-electron chi connectivity index (χ0n) is 13.3. The van der Waals surface area contributed by atoms with Gasteiger partial charge in [0.15, 0.2) is 0 Å². The van der Waals surface area contributed by atoms with Crippen LogP contribution in [0.2, 0.25) is 0 Å². The molecule has 19 heavy (non-hydrogen) atoms. The van der Waals surface area contributed by atoms with Gasteiger partial charge in [-0.2, -0.15) is 0 Å². The molecule has 4 nitrogen and oxygen atoms in total. The summed E-state index contributed by atoms with van der Waals surface area (Å²) in [6.07, 6.45) is 2.07. The molecule has 1 atom stereocenters. The van der Waals surface area contributed by atoms with Gasteiger partial charge in [-0.15, -0.1) is 0 Å². The van der Waals surface area contributed by atoms with Crippen molar-refractivity contribution in [1.82, 2.24) is 9.62 Å². The van der Waals surface area contributed by atoms with Gasteiger partial charge in [0.1, 0.15) is 0 Å². The van der Waals surface area contributed by atoms with Crippen molar-refractivity contribution in [2.45, 2.75) is 64.7 Å². The lowest BCUT2D eigenvalue weighted by Crippen LogP contribution is -2.50. The van der Waals surface area contributed by atoms with E-state index in [0.717, 1.165) is 19.4 Å². The predicted molar refractivity (Wildman–Crippen MR) is 80.7 cm³/mol. The van der Waals surface area contributed by atoms with Crippen LogP contribution in [0.5, 0.6) is 0 Å². The van der Waals surface area contributed by atoms with E-state index in [9.17, 15) is 8.42 Å². The zero-order chi connectivity index (χ0) is 14.9. The fourth-order valence-corrected chi connectivity index (χ4v) is 3.80. The highest BCUT2D eigenvalue weighted by Gasteiger charge is 2.37. The van der Waals surface area contributed by atoms with Crippen molar-refractivity contribution in [2.24, 2.45) is 5.92 Å². The molecule has 0 aliphatic carbocycles. The molecule has 0 spiro atoms. The molecule has 1 fully saturated rings. The van der Waals surface area contributed by atoms with Crippen LogP contribution >= 0.6 is 0 Å². The summed E-state index contributed by atoms with van der Waals surface area (Å²) < 4.78 is 25.9. The average Bonchev–Trinajstić information content (AvgIpc) is 2.24. The number of piperidine rings is 1. The Labute approximate surface area is 119 Å². The number of hydrogen-bond donors (Lipinski definition) is 1. The molecule has 1 aliphatic rings. The molecular weight excluding hydrogens is 260 g/mol. The van der Waals surface area contributed by atoms with E-state index in [2.05, 4.69) is 26.1 Å². The van der Waals surface area contributed by atoms with Gasteiger partial charge in [0.05, 0.1) is 4.75 Å². The first kappa shape index (κ1) is 16.9. The Bertz CT molecular complexity index is 391. The normalized spacial score (nSPS) is 23.6. The first-order chi connectivity index (χ1) is 8.43. The monoisotopic (exact) mass is 290 g/mol. The molecule has 0 saturated carbocycles. The smallest absolute Gasteiger partial charge is 0.219 e. The fraction of sp³-hybridized carbons (Fsp3) is 1.00. The number of rotatable bonds is 3. The molecule has 1 heterocycles. The van der Waals surface area contributed by atoms with Gasteiger partial charge >= 0.3 is 0 Å². The molecule has 1 aliphatic heterocycles. The van der Waals surface area contributed by atoms with Crippen molar-refractivity contribution in [3.8, 4) is 0 Å². The molecule has 1 saturated heterocycles. The summed E-state index contributed by atoms with van der Waals surface area (Å²) in [4.78, 5) is 0. The summed E-state index contributed by atoms with van der Waals surface area (Å²) in [5.74, 6) is 0.421. The van der Waals surface area contributed by atoms with Crippen molar-refractivity contribution in [2.75, 3.05) is 19.6 Å². The van der Waals surface area contributed by atoms with Crippen LogP contribution in [0.4, 0.5) is 0 Å². The van der Waals surface area contributed by atoms with Crippen LogP contribution in [0.1, 0.15) is 54.4 Å². The third-order valence-corrected chi connectivity index (χ3v) is 6.08. The average molecular weight is 290 g/mol. The van der Waals surface area contributed by atoms with Gasteiger partial charge in [0.2, 0.25) is 10.0 Å². The molecule has 1 rings (SSSR count). The Morgan fingerprint density at radius 1 is 1.16 bits per heavy atom. The van der Waals surface area contributed by atoms with E-state index >= 15 is 0 Å². The molecule has 0 aromatic rings. The Hall–Kier alpha value is -0.130. The van der Waals surface area contributed by atoms with Crippen LogP contribution in [-0.2, 0) is 10.0 Å². The number of nitrogens with zero attached hydrogens (tertiary/aromatic N) is 1. The highest BCUT2D eigenvalue weighted by Crippen LogP contribution is 2.26. The quantitative estimate of drug-likeness (QED) is 0.867. The summed E-state index contributed by atoms with van der Waals surface area (Å²) in [7, 11) is -3.18. The van der Waals surface area contributed by atoms with E-state index in [4.69, 9.17) is 0 Å². The molecule has 114 valence electrons.